The maximum atomic E-state index is 5.72. The Morgan fingerprint density at radius 1 is 1.00 bits per heavy atom. The van der Waals surface area contributed by atoms with Crippen LogP contribution in [0.15, 0.2) is 24.3 Å². The van der Waals surface area contributed by atoms with Crippen LogP contribution in [-0.2, 0) is 11.3 Å². The summed E-state index contributed by atoms with van der Waals surface area (Å²) in [5.41, 5.74) is 2.63. The lowest BCUT2D eigenvalue weighted by Crippen LogP contribution is -2.12. The van der Waals surface area contributed by atoms with Crippen molar-refractivity contribution < 1.29 is 4.74 Å². The average Bonchev–Trinajstić information content (AvgIpc) is 2.34. The Kier molecular flexibility index (Phi) is 7.70. The smallest absolute Gasteiger partial charge is 0.0719 e. The predicted molar refractivity (Wildman–Crippen MR) is 77.9 cm³/mol. The second kappa shape index (κ2) is 9.12. The first-order valence-corrected chi connectivity index (χ1v) is 6.97. The van der Waals surface area contributed by atoms with Crippen LogP contribution in [0, 0.1) is 6.92 Å². The summed E-state index contributed by atoms with van der Waals surface area (Å²) in [5, 5.41) is 0. The molecule has 0 atom stereocenters. The molecular formula is C16H27NO. The highest BCUT2D eigenvalue weighted by atomic mass is 16.5. The molecule has 0 saturated heterocycles. The number of nitrogens with zero attached hydrogens (tertiary/aromatic N) is 1. The minimum atomic E-state index is 0.754. The van der Waals surface area contributed by atoms with E-state index in [4.69, 9.17) is 4.74 Å². The molecule has 0 radical (unpaired) electrons. The molecule has 18 heavy (non-hydrogen) atoms. The number of unbranched alkanes of at least 4 members (excludes halogenated alkanes) is 3. The van der Waals surface area contributed by atoms with Crippen molar-refractivity contribution in [2.24, 2.45) is 0 Å². The van der Waals surface area contributed by atoms with Gasteiger partial charge in [-0.15, -0.1) is 0 Å². The van der Waals surface area contributed by atoms with Crippen LogP contribution in [0.2, 0.25) is 0 Å². The molecule has 0 spiro atoms. The van der Waals surface area contributed by atoms with Crippen molar-refractivity contribution in [3.63, 3.8) is 0 Å². The molecule has 0 N–H and O–H groups in total. The van der Waals surface area contributed by atoms with Crippen molar-refractivity contribution in [2.45, 2.75) is 39.2 Å². The van der Waals surface area contributed by atoms with Crippen LogP contribution < -0.4 is 0 Å². The Hall–Kier alpha value is -0.860. The predicted octanol–water partition coefficient (Wildman–Crippen LogP) is 3.63. The Balaban J connectivity index is 1.98. The van der Waals surface area contributed by atoms with Crippen LogP contribution in [-0.4, -0.2) is 32.1 Å². The highest BCUT2D eigenvalue weighted by Gasteiger charge is 1.97. The minimum Gasteiger partial charge on any atom is -0.377 e. The molecule has 0 aliphatic rings. The SMILES string of the molecule is Cc1ccccc1COCCCCCCN(C)C. The second-order valence-electron chi connectivity index (χ2n) is 5.20. The van der Waals surface area contributed by atoms with Gasteiger partial charge in [0, 0.05) is 6.61 Å². The number of aryl methyl sites for hydroxylation is 1. The summed E-state index contributed by atoms with van der Waals surface area (Å²) in [6.07, 6.45) is 5.07. The van der Waals surface area contributed by atoms with E-state index in [2.05, 4.69) is 50.2 Å². The molecule has 0 aliphatic carbocycles. The van der Waals surface area contributed by atoms with Crippen molar-refractivity contribution in [3.8, 4) is 0 Å². The van der Waals surface area contributed by atoms with E-state index in [1.807, 2.05) is 0 Å². The standard InChI is InChI=1S/C16H27NO/c1-15-10-6-7-11-16(15)14-18-13-9-5-4-8-12-17(2)3/h6-7,10-11H,4-5,8-9,12-14H2,1-3H3. The number of hydrogen-bond acceptors (Lipinski definition) is 2. The molecule has 0 amide bonds. The molecule has 0 aromatic heterocycles. The molecule has 0 aliphatic heterocycles. The fraction of sp³-hybridized carbons (Fsp3) is 0.625. The lowest BCUT2D eigenvalue weighted by Gasteiger charge is -2.09. The molecule has 102 valence electrons. The first kappa shape index (κ1) is 15.2. The van der Waals surface area contributed by atoms with Crippen LogP contribution in [0.5, 0.6) is 0 Å². The van der Waals surface area contributed by atoms with Gasteiger partial charge in [-0.05, 0) is 51.5 Å². The summed E-state index contributed by atoms with van der Waals surface area (Å²) in [6.45, 7) is 4.98. The summed E-state index contributed by atoms with van der Waals surface area (Å²) in [4.78, 5) is 2.24. The average molecular weight is 249 g/mol. The molecule has 0 unspecified atom stereocenters. The van der Waals surface area contributed by atoms with Crippen LogP contribution in [0.25, 0.3) is 0 Å². The van der Waals surface area contributed by atoms with Crippen LogP contribution in [0.1, 0.15) is 36.8 Å². The Morgan fingerprint density at radius 2 is 1.72 bits per heavy atom. The number of ether oxygens (including phenoxy) is 1. The molecule has 1 aromatic carbocycles. The summed E-state index contributed by atoms with van der Waals surface area (Å²) in [5.74, 6) is 0. The minimum absolute atomic E-state index is 0.754. The van der Waals surface area contributed by atoms with Gasteiger partial charge in [0.15, 0.2) is 0 Å². The van der Waals surface area contributed by atoms with E-state index in [1.165, 1.54) is 43.4 Å². The highest BCUT2D eigenvalue weighted by molar-refractivity contribution is 5.24. The summed E-state index contributed by atoms with van der Waals surface area (Å²) < 4.78 is 5.72. The van der Waals surface area contributed by atoms with Crippen LogP contribution in [0.3, 0.4) is 0 Å². The first-order valence-electron chi connectivity index (χ1n) is 6.97. The van der Waals surface area contributed by atoms with Crippen molar-refractivity contribution in [1.82, 2.24) is 4.90 Å². The van der Waals surface area contributed by atoms with E-state index in [0.717, 1.165) is 13.2 Å². The second-order valence-corrected chi connectivity index (χ2v) is 5.20. The Bertz CT molecular complexity index is 323. The molecule has 0 fully saturated rings. The van der Waals surface area contributed by atoms with Gasteiger partial charge in [-0.1, -0.05) is 37.1 Å². The van der Waals surface area contributed by atoms with E-state index in [-0.39, 0.29) is 0 Å². The van der Waals surface area contributed by atoms with E-state index in [9.17, 15) is 0 Å². The summed E-state index contributed by atoms with van der Waals surface area (Å²) >= 11 is 0. The maximum absolute atomic E-state index is 5.72. The molecule has 0 saturated carbocycles. The van der Waals surface area contributed by atoms with Crippen molar-refractivity contribution in [2.75, 3.05) is 27.2 Å². The first-order chi connectivity index (χ1) is 8.70. The lowest BCUT2D eigenvalue weighted by atomic mass is 10.1. The fourth-order valence-corrected chi connectivity index (χ4v) is 1.94. The molecule has 1 aromatic rings. The van der Waals surface area contributed by atoms with Gasteiger partial charge in [0.1, 0.15) is 0 Å². The quantitative estimate of drug-likeness (QED) is 0.620. The zero-order valence-electron chi connectivity index (χ0n) is 12.1. The summed E-state index contributed by atoms with van der Waals surface area (Å²) in [7, 11) is 4.26. The molecule has 0 heterocycles. The molecule has 2 heteroatoms. The maximum Gasteiger partial charge on any atom is 0.0719 e. The van der Waals surface area contributed by atoms with E-state index >= 15 is 0 Å². The van der Waals surface area contributed by atoms with E-state index in [1.54, 1.807) is 0 Å². The molecule has 0 bridgehead atoms. The van der Waals surface area contributed by atoms with Crippen LogP contribution in [0.4, 0.5) is 0 Å². The van der Waals surface area contributed by atoms with Crippen LogP contribution >= 0.6 is 0 Å². The zero-order valence-corrected chi connectivity index (χ0v) is 12.1. The van der Waals surface area contributed by atoms with E-state index < -0.39 is 0 Å². The number of hydrogen-bond donors (Lipinski definition) is 0. The molecular weight excluding hydrogens is 222 g/mol. The van der Waals surface area contributed by atoms with Crippen molar-refractivity contribution in [3.05, 3.63) is 35.4 Å². The third-order valence-corrected chi connectivity index (χ3v) is 3.16. The number of benzene rings is 1. The van der Waals surface area contributed by atoms with Gasteiger partial charge in [-0.25, -0.2) is 0 Å². The third kappa shape index (κ3) is 6.77. The fourth-order valence-electron chi connectivity index (χ4n) is 1.94. The normalized spacial score (nSPS) is 11.1. The van der Waals surface area contributed by atoms with Gasteiger partial charge >= 0.3 is 0 Å². The Labute approximate surface area is 112 Å². The van der Waals surface area contributed by atoms with Gasteiger partial charge < -0.3 is 9.64 Å². The van der Waals surface area contributed by atoms with Crippen molar-refractivity contribution in [1.29, 1.82) is 0 Å². The zero-order chi connectivity index (χ0) is 13.2. The van der Waals surface area contributed by atoms with Gasteiger partial charge in [0.25, 0.3) is 0 Å². The highest BCUT2D eigenvalue weighted by Crippen LogP contribution is 2.09. The van der Waals surface area contributed by atoms with E-state index in [0.29, 0.717) is 0 Å². The van der Waals surface area contributed by atoms with Gasteiger partial charge in [0.05, 0.1) is 6.61 Å². The third-order valence-electron chi connectivity index (χ3n) is 3.16. The van der Waals surface area contributed by atoms with Gasteiger partial charge in [-0.3, -0.25) is 0 Å². The topological polar surface area (TPSA) is 12.5 Å². The van der Waals surface area contributed by atoms with Gasteiger partial charge in [0.2, 0.25) is 0 Å². The number of rotatable bonds is 9. The molecule has 1 rings (SSSR count). The monoisotopic (exact) mass is 249 g/mol. The van der Waals surface area contributed by atoms with Gasteiger partial charge in [-0.2, -0.15) is 0 Å². The van der Waals surface area contributed by atoms with Crippen molar-refractivity contribution >= 4 is 0 Å². The lowest BCUT2D eigenvalue weighted by molar-refractivity contribution is 0.116. The summed E-state index contributed by atoms with van der Waals surface area (Å²) in [6, 6.07) is 8.43. The Morgan fingerprint density at radius 3 is 2.44 bits per heavy atom. The molecule has 2 nitrogen and oxygen atoms in total. The largest absolute Gasteiger partial charge is 0.377 e.